The minimum Gasteiger partial charge on any atom is -0.330 e. The number of carbonyl (C=O) groups is 4. The van der Waals surface area contributed by atoms with Gasteiger partial charge in [0.15, 0.2) is 6.29 Å². The molecule has 2 aliphatic rings. The number of aldehydes is 1. The van der Waals surface area contributed by atoms with Crippen LogP contribution in [-0.4, -0.2) is 42.0 Å². The van der Waals surface area contributed by atoms with E-state index in [0.29, 0.717) is 23.9 Å². The summed E-state index contributed by atoms with van der Waals surface area (Å²) >= 11 is 0. The SMILES string of the molecule is CC1=C(C(=O)N(C)C2CCC(=O)NC2=O)C(C=O)=CCC1. The van der Waals surface area contributed by atoms with E-state index in [1.165, 1.54) is 11.9 Å². The number of nitrogens with one attached hydrogen (secondary N) is 1. The summed E-state index contributed by atoms with van der Waals surface area (Å²) in [5.41, 5.74) is 1.61. The summed E-state index contributed by atoms with van der Waals surface area (Å²) in [4.78, 5) is 48.1. The van der Waals surface area contributed by atoms with Crippen LogP contribution in [0.4, 0.5) is 0 Å². The fourth-order valence-corrected chi connectivity index (χ4v) is 2.70. The van der Waals surface area contributed by atoms with Gasteiger partial charge in [0, 0.05) is 24.6 Å². The van der Waals surface area contributed by atoms with E-state index in [2.05, 4.69) is 5.32 Å². The molecule has 0 aromatic heterocycles. The van der Waals surface area contributed by atoms with Gasteiger partial charge in [0.05, 0.1) is 0 Å². The molecule has 0 aromatic rings. The second-order valence-corrected chi connectivity index (χ2v) is 5.35. The molecule has 1 aliphatic heterocycles. The van der Waals surface area contributed by atoms with Gasteiger partial charge >= 0.3 is 0 Å². The molecule has 1 atom stereocenters. The normalized spacial score (nSPS) is 22.6. The summed E-state index contributed by atoms with van der Waals surface area (Å²) in [6.07, 6.45) is 4.39. The number of rotatable bonds is 3. The smallest absolute Gasteiger partial charge is 0.254 e. The van der Waals surface area contributed by atoms with Crippen LogP contribution in [0.25, 0.3) is 0 Å². The highest BCUT2D eigenvalue weighted by molar-refractivity contribution is 6.08. The Morgan fingerprint density at radius 2 is 2.10 bits per heavy atom. The Morgan fingerprint density at radius 1 is 1.38 bits per heavy atom. The molecule has 6 heteroatoms. The summed E-state index contributed by atoms with van der Waals surface area (Å²) in [5, 5.41) is 2.23. The Bertz CT molecular complexity index is 574. The quantitative estimate of drug-likeness (QED) is 0.605. The van der Waals surface area contributed by atoms with E-state index < -0.39 is 11.9 Å². The first-order valence-corrected chi connectivity index (χ1v) is 6.92. The van der Waals surface area contributed by atoms with Crippen LogP contribution >= 0.6 is 0 Å². The average molecular weight is 290 g/mol. The van der Waals surface area contributed by atoms with Gasteiger partial charge in [0.2, 0.25) is 11.8 Å². The van der Waals surface area contributed by atoms with Crippen molar-refractivity contribution in [1.29, 1.82) is 0 Å². The van der Waals surface area contributed by atoms with Crippen LogP contribution < -0.4 is 5.32 Å². The molecule has 0 bridgehead atoms. The molecule has 1 unspecified atom stereocenters. The molecular formula is C15H18N2O4. The van der Waals surface area contributed by atoms with Crippen LogP contribution in [0.5, 0.6) is 0 Å². The van der Waals surface area contributed by atoms with Crippen molar-refractivity contribution in [3.63, 3.8) is 0 Å². The van der Waals surface area contributed by atoms with Crippen molar-refractivity contribution in [1.82, 2.24) is 10.2 Å². The van der Waals surface area contributed by atoms with E-state index in [0.717, 1.165) is 18.4 Å². The van der Waals surface area contributed by atoms with E-state index >= 15 is 0 Å². The summed E-state index contributed by atoms with van der Waals surface area (Å²) in [7, 11) is 1.53. The highest BCUT2D eigenvalue weighted by atomic mass is 16.2. The number of amides is 3. The van der Waals surface area contributed by atoms with Gasteiger partial charge in [0.1, 0.15) is 6.04 Å². The maximum Gasteiger partial charge on any atom is 0.254 e. The highest BCUT2D eigenvalue weighted by Gasteiger charge is 2.34. The van der Waals surface area contributed by atoms with E-state index in [1.54, 1.807) is 6.08 Å². The number of hydrogen-bond acceptors (Lipinski definition) is 4. The van der Waals surface area contributed by atoms with Crippen molar-refractivity contribution in [3.05, 3.63) is 22.8 Å². The molecule has 1 saturated heterocycles. The van der Waals surface area contributed by atoms with E-state index in [-0.39, 0.29) is 18.2 Å². The van der Waals surface area contributed by atoms with Crippen LogP contribution in [0.1, 0.15) is 32.6 Å². The molecule has 6 nitrogen and oxygen atoms in total. The summed E-state index contributed by atoms with van der Waals surface area (Å²) in [5.74, 6) is -1.13. The first kappa shape index (κ1) is 15.2. The average Bonchev–Trinajstić information content (AvgIpc) is 2.45. The lowest BCUT2D eigenvalue weighted by atomic mass is 9.91. The molecule has 1 N–H and O–H groups in total. The zero-order chi connectivity index (χ0) is 15.6. The Morgan fingerprint density at radius 3 is 2.71 bits per heavy atom. The second-order valence-electron chi connectivity index (χ2n) is 5.35. The predicted octanol–water partition coefficient (Wildman–Crippen LogP) is 0.486. The first-order chi connectivity index (χ1) is 9.95. The van der Waals surface area contributed by atoms with Gasteiger partial charge in [-0.3, -0.25) is 24.5 Å². The van der Waals surface area contributed by atoms with Gasteiger partial charge in [-0.25, -0.2) is 0 Å². The molecule has 0 aromatic carbocycles. The zero-order valence-electron chi connectivity index (χ0n) is 12.1. The Kier molecular flexibility index (Phi) is 4.35. The predicted molar refractivity (Wildman–Crippen MR) is 75.0 cm³/mol. The number of allylic oxidation sites excluding steroid dienone is 2. The van der Waals surface area contributed by atoms with Gasteiger partial charge in [-0.05, 0) is 26.2 Å². The van der Waals surface area contributed by atoms with Crippen LogP contribution in [0.15, 0.2) is 22.8 Å². The molecule has 1 aliphatic carbocycles. The zero-order valence-corrected chi connectivity index (χ0v) is 12.1. The number of likely N-dealkylation sites (N-methyl/N-ethyl adjacent to an activating group) is 1. The maximum atomic E-state index is 12.6. The summed E-state index contributed by atoms with van der Waals surface area (Å²) < 4.78 is 0. The number of hydrogen-bond donors (Lipinski definition) is 1. The molecule has 21 heavy (non-hydrogen) atoms. The highest BCUT2D eigenvalue weighted by Crippen LogP contribution is 2.26. The molecule has 0 saturated carbocycles. The van der Waals surface area contributed by atoms with Crippen LogP contribution in [0.2, 0.25) is 0 Å². The molecule has 3 amide bonds. The fourth-order valence-electron chi connectivity index (χ4n) is 2.70. The van der Waals surface area contributed by atoms with Crippen LogP contribution in [0.3, 0.4) is 0 Å². The fraction of sp³-hybridized carbons (Fsp3) is 0.467. The molecule has 112 valence electrons. The lowest BCUT2D eigenvalue weighted by molar-refractivity contribution is -0.142. The van der Waals surface area contributed by atoms with E-state index in [1.807, 2.05) is 6.92 Å². The Labute approximate surface area is 122 Å². The third-order valence-corrected chi connectivity index (χ3v) is 3.94. The third-order valence-electron chi connectivity index (χ3n) is 3.94. The monoisotopic (exact) mass is 290 g/mol. The van der Waals surface area contributed by atoms with E-state index in [9.17, 15) is 19.2 Å². The largest absolute Gasteiger partial charge is 0.330 e. The molecule has 2 rings (SSSR count). The van der Waals surface area contributed by atoms with Crippen LogP contribution in [-0.2, 0) is 19.2 Å². The maximum absolute atomic E-state index is 12.6. The number of imide groups is 1. The van der Waals surface area contributed by atoms with Gasteiger partial charge in [0.25, 0.3) is 5.91 Å². The molecule has 1 heterocycles. The van der Waals surface area contributed by atoms with Crippen molar-refractivity contribution in [2.24, 2.45) is 0 Å². The Hall–Kier alpha value is -2.24. The lowest BCUT2D eigenvalue weighted by Crippen LogP contribution is -2.53. The standard InChI is InChI=1S/C15H18N2O4/c1-9-4-3-5-10(8-18)13(9)15(21)17(2)11-6-7-12(19)16-14(11)20/h5,8,11H,3-4,6-7H2,1-2H3,(H,16,19,20). The van der Waals surface area contributed by atoms with Gasteiger partial charge in [-0.1, -0.05) is 11.6 Å². The number of piperidine rings is 1. The van der Waals surface area contributed by atoms with Gasteiger partial charge in [-0.2, -0.15) is 0 Å². The molecule has 0 spiro atoms. The van der Waals surface area contributed by atoms with Crippen molar-refractivity contribution >= 4 is 24.0 Å². The van der Waals surface area contributed by atoms with Crippen molar-refractivity contribution < 1.29 is 19.2 Å². The van der Waals surface area contributed by atoms with Crippen molar-refractivity contribution in [3.8, 4) is 0 Å². The van der Waals surface area contributed by atoms with Gasteiger partial charge in [-0.15, -0.1) is 0 Å². The summed E-state index contributed by atoms with van der Waals surface area (Å²) in [6, 6.07) is -0.676. The summed E-state index contributed by atoms with van der Waals surface area (Å²) in [6.45, 7) is 1.82. The van der Waals surface area contributed by atoms with Crippen molar-refractivity contribution in [2.75, 3.05) is 7.05 Å². The minimum atomic E-state index is -0.676. The van der Waals surface area contributed by atoms with Crippen LogP contribution in [0, 0.1) is 0 Å². The van der Waals surface area contributed by atoms with E-state index in [4.69, 9.17) is 0 Å². The van der Waals surface area contributed by atoms with Crippen molar-refractivity contribution in [2.45, 2.75) is 38.6 Å². The number of carbonyl (C=O) groups excluding carboxylic acids is 4. The Balaban J connectivity index is 2.23. The molecular weight excluding hydrogens is 272 g/mol. The second kappa shape index (κ2) is 6.03. The first-order valence-electron chi connectivity index (χ1n) is 6.92. The molecule has 0 radical (unpaired) electrons. The van der Waals surface area contributed by atoms with Gasteiger partial charge < -0.3 is 4.90 Å². The number of nitrogens with zero attached hydrogens (tertiary/aromatic N) is 1. The lowest BCUT2D eigenvalue weighted by Gasteiger charge is -2.31. The molecule has 1 fully saturated rings. The topological polar surface area (TPSA) is 83.6 Å². The third kappa shape index (κ3) is 2.94. The minimum absolute atomic E-state index is 0.211.